The molecule has 4 rings (SSSR count). The molecule has 9 nitrogen and oxygen atoms in total. The number of halogens is 1. The zero-order valence-electron chi connectivity index (χ0n) is 25.1. The lowest BCUT2D eigenvalue weighted by Crippen LogP contribution is -2.53. The van der Waals surface area contributed by atoms with Gasteiger partial charge in [-0.15, -0.1) is 5.54 Å². The minimum atomic E-state index is -2.31. The molecule has 0 saturated carbocycles. The maximum absolute atomic E-state index is 7.34. The summed E-state index contributed by atoms with van der Waals surface area (Å²) in [6.45, 7) is 24.4. The average Bonchev–Trinajstić information content (AvgIpc) is 3.41. The number of nitrogens with two attached hydrogens (primary N) is 1. The second kappa shape index (κ2) is 11.0. The zero-order valence-corrected chi connectivity index (χ0v) is 29.2. The van der Waals surface area contributed by atoms with Crippen molar-refractivity contribution in [3.63, 3.8) is 0 Å². The molecular weight excluding hydrogens is 641 g/mol. The Morgan fingerprint density at radius 2 is 1.62 bits per heavy atom. The lowest BCUT2D eigenvalue weighted by Gasteiger charge is -2.45. The number of anilines is 1. The van der Waals surface area contributed by atoms with Gasteiger partial charge in [0.05, 0.1) is 0 Å². The maximum Gasteiger partial charge on any atom is 0.202 e. The van der Waals surface area contributed by atoms with Crippen molar-refractivity contribution in [2.45, 2.75) is 128 Å². The molecule has 0 spiro atoms. The van der Waals surface area contributed by atoms with Gasteiger partial charge in [-0.1, -0.05) is 67.1 Å². The lowest BCUT2D eigenvalue weighted by molar-refractivity contribution is -0.203. The first-order chi connectivity index (χ1) is 18.0. The van der Waals surface area contributed by atoms with E-state index in [4.69, 9.17) is 24.4 Å². The number of imidazole rings is 1. The summed E-state index contributed by atoms with van der Waals surface area (Å²) in [4.78, 5) is 13.3. The van der Waals surface area contributed by atoms with Crippen molar-refractivity contribution in [1.82, 2.24) is 19.5 Å². The molecule has 39 heavy (non-hydrogen) atoms. The molecule has 2 saturated heterocycles. The molecule has 12 heteroatoms. The molecule has 2 aliphatic rings. The van der Waals surface area contributed by atoms with Crippen LogP contribution in [0.5, 0.6) is 0 Å². The number of ether oxygens (including phenoxy) is 3. The summed E-state index contributed by atoms with van der Waals surface area (Å²) in [5.74, 6) is 3.12. The highest BCUT2D eigenvalue weighted by molar-refractivity contribution is 14.1. The molecule has 4 heterocycles. The molecular formula is C27H44IN5O4Si2. The third-order valence-corrected chi connectivity index (χ3v) is 15.4. The highest BCUT2D eigenvalue weighted by atomic mass is 127. The Balaban J connectivity index is 1.84. The topological polar surface area (TPSA) is 107 Å². The Morgan fingerprint density at radius 3 is 2.18 bits per heavy atom. The summed E-state index contributed by atoms with van der Waals surface area (Å²) in [5, 5.41) is 0. The van der Waals surface area contributed by atoms with Crippen LogP contribution in [0.25, 0.3) is 11.2 Å². The number of aromatic nitrogens is 4. The molecule has 5 atom stereocenters. The van der Waals surface area contributed by atoms with Crippen LogP contribution in [0.3, 0.4) is 0 Å². The summed E-state index contributed by atoms with van der Waals surface area (Å²) < 4.78 is 29.9. The number of nitrogens with zero attached hydrogens (tertiary/aromatic N) is 4. The predicted octanol–water partition coefficient (Wildman–Crippen LogP) is 5.87. The molecule has 2 aliphatic heterocycles. The van der Waals surface area contributed by atoms with Gasteiger partial charge in [0.1, 0.15) is 38.8 Å². The van der Waals surface area contributed by atoms with Gasteiger partial charge < -0.3 is 24.4 Å². The molecule has 0 bridgehead atoms. The lowest BCUT2D eigenvalue weighted by atomic mass is 10.1. The van der Waals surface area contributed by atoms with E-state index in [0.29, 0.717) is 37.4 Å². The Hall–Kier alpha value is -1.09. The van der Waals surface area contributed by atoms with E-state index >= 15 is 0 Å². The molecule has 0 amide bonds. The fourth-order valence-electron chi connectivity index (χ4n) is 6.28. The zero-order chi connectivity index (χ0) is 29.1. The smallest absolute Gasteiger partial charge is 0.202 e. The van der Waals surface area contributed by atoms with Gasteiger partial charge >= 0.3 is 0 Å². The normalized spacial score (nSPS) is 25.9. The van der Waals surface area contributed by atoms with Crippen molar-refractivity contribution in [3.05, 3.63) is 10.2 Å². The molecule has 2 fully saturated rings. The number of rotatable bonds is 7. The second-order valence-electron chi connectivity index (χ2n) is 13.1. The van der Waals surface area contributed by atoms with Crippen LogP contribution in [0.1, 0.15) is 61.6 Å². The Morgan fingerprint density at radius 1 is 1.03 bits per heavy atom. The third kappa shape index (κ3) is 5.82. The van der Waals surface area contributed by atoms with Crippen molar-refractivity contribution in [2.75, 3.05) is 5.73 Å². The SMILES string of the molecule is CC(C)[Si](O[C@H](C#C[Si](C)(C)C)[C@H]1O[C@@H](n2c(I)nc3c(N)ncnc32)[C@@H]2OC(C)(C)O[C@@H]21)(C(C)C)C(C)C. The predicted molar refractivity (Wildman–Crippen MR) is 167 cm³/mol. The number of hydrogen-bond donors (Lipinski definition) is 1. The number of nitrogen functional groups attached to an aromatic ring is 1. The van der Waals surface area contributed by atoms with Gasteiger partial charge in [-0.05, 0) is 30.5 Å². The average molecular weight is 686 g/mol. The highest BCUT2D eigenvalue weighted by Gasteiger charge is 2.60. The highest BCUT2D eigenvalue weighted by Crippen LogP contribution is 2.48. The van der Waals surface area contributed by atoms with Gasteiger partial charge in [-0.3, -0.25) is 4.57 Å². The largest absolute Gasteiger partial charge is 0.400 e. The van der Waals surface area contributed by atoms with Gasteiger partial charge in [-0.2, -0.15) is 0 Å². The van der Waals surface area contributed by atoms with Crippen LogP contribution in [0, 0.1) is 15.3 Å². The molecule has 0 aromatic carbocycles. The first-order valence-electron chi connectivity index (χ1n) is 13.8. The Labute approximate surface area is 248 Å². The van der Waals surface area contributed by atoms with Crippen LogP contribution in [0.15, 0.2) is 6.33 Å². The van der Waals surface area contributed by atoms with Crippen molar-refractivity contribution >= 4 is 56.0 Å². The van der Waals surface area contributed by atoms with Crippen LogP contribution in [0.4, 0.5) is 5.82 Å². The fraction of sp³-hybridized carbons (Fsp3) is 0.741. The van der Waals surface area contributed by atoms with E-state index < -0.39 is 46.7 Å². The minimum absolute atomic E-state index is 0.329. The molecule has 216 valence electrons. The summed E-state index contributed by atoms with van der Waals surface area (Å²) in [6, 6.07) is 0. The van der Waals surface area contributed by atoms with E-state index in [1.807, 2.05) is 18.4 Å². The third-order valence-electron chi connectivity index (χ3n) is 7.71. The summed E-state index contributed by atoms with van der Waals surface area (Å²) in [5.41, 5.74) is 12.1. The van der Waals surface area contributed by atoms with Gasteiger partial charge in [0.15, 0.2) is 32.8 Å². The van der Waals surface area contributed by atoms with E-state index in [9.17, 15) is 0 Å². The number of hydrogen-bond acceptors (Lipinski definition) is 8. The fourth-order valence-corrected chi connectivity index (χ4v) is 13.0. The molecule has 0 aliphatic carbocycles. The monoisotopic (exact) mass is 685 g/mol. The van der Waals surface area contributed by atoms with Gasteiger partial charge in [-0.25, -0.2) is 15.0 Å². The van der Waals surface area contributed by atoms with E-state index in [-0.39, 0.29) is 6.10 Å². The van der Waals surface area contributed by atoms with Crippen LogP contribution < -0.4 is 5.73 Å². The quantitative estimate of drug-likeness (QED) is 0.167. The minimum Gasteiger partial charge on any atom is -0.400 e. The summed E-state index contributed by atoms with van der Waals surface area (Å²) in [7, 11) is -4.02. The van der Waals surface area contributed by atoms with Crippen LogP contribution >= 0.6 is 22.6 Å². The van der Waals surface area contributed by atoms with Gasteiger partial charge in [0, 0.05) is 22.6 Å². The molecule has 2 N–H and O–H groups in total. The van der Waals surface area contributed by atoms with E-state index in [1.54, 1.807) is 0 Å². The molecule has 0 radical (unpaired) electrons. The standard InChI is InChI=1S/C27H44IN5O4Si2/c1-15(2)39(16(3)4,17(5)6)37-18(12-13-38(9,10)11)20-21-22(36-27(7,8)35-21)25(34-20)33-24-19(32-26(33)28)23(29)30-14-31-24/h14-18,20-22,25H,1-11H3,(H2,29,30,31)/t18-,20-,21-,22-,25-/m1/s1. The first-order valence-corrected chi connectivity index (χ1v) is 20.6. The summed E-state index contributed by atoms with van der Waals surface area (Å²) >= 11 is 2.19. The van der Waals surface area contributed by atoms with Crippen molar-refractivity contribution in [1.29, 1.82) is 0 Å². The van der Waals surface area contributed by atoms with Gasteiger partial charge in [0.25, 0.3) is 0 Å². The van der Waals surface area contributed by atoms with Crippen molar-refractivity contribution in [3.8, 4) is 11.5 Å². The maximum atomic E-state index is 7.34. The Bertz CT molecular complexity index is 1240. The van der Waals surface area contributed by atoms with Crippen LogP contribution in [-0.4, -0.2) is 66.1 Å². The van der Waals surface area contributed by atoms with E-state index in [2.05, 4.69) is 110 Å². The Kier molecular flexibility index (Phi) is 8.67. The second-order valence-corrected chi connectivity index (χ2v) is 24.2. The number of fused-ring (bicyclic) bond motifs is 2. The van der Waals surface area contributed by atoms with E-state index in [1.165, 1.54) is 6.33 Å². The van der Waals surface area contributed by atoms with E-state index in [0.717, 1.165) is 0 Å². The molecule has 0 unspecified atom stereocenters. The summed E-state index contributed by atoms with van der Waals surface area (Å²) in [6.07, 6.45) is -0.790. The first kappa shape index (κ1) is 30.9. The van der Waals surface area contributed by atoms with Crippen LogP contribution in [-0.2, 0) is 18.6 Å². The van der Waals surface area contributed by atoms with Crippen LogP contribution in [0.2, 0.25) is 36.3 Å². The van der Waals surface area contributed by atoms with Crippen molar-refractivity contribution < 1.29 is 18.6 Å². The van der Waals surface area contributed by atoms with Gasteiger partial charge in [0.2, 0.25) is 8.32 Å². The van der Waals surface area contributed by atoms with Crippen molar-refractivity contribution in [2.24, 2.45) is 0 Å². The molecule has 2 aromatic heterocycles. The molecule has 2 aromatic rings.